The zero-order valence-electron chi connectivity index (χ0n) is 11.9. The van der Waals surface area contributed by atoms with Crippen LogP contribution in [0.1, 0.15) is 41.8 Å². The minimum absolute atomic E-state index is 0.0197. The van der Waals surface area contributed by atoms with E-state index < -0.39 is 16.7 Å². The first-order valence-corrected chi connectivity index (χ1v) is 8.10. The second-order valence-corrected chi connectivity index (χ2v) is 6.36. The second-order valence-electron chi connectivity index (χ2n) is 5.58. The molecule has 116 valence electrons. The highest BCUT2D eigenvalue weighted by Crippen LogP contribution is 2.41. The molecule has 2 aromatic heterocycles. The summed E-state index contributed by atoms with van der Waals surface area (Å²) in [6, 6.07) is 4.64. The van der Waals surface area contributed by atoms with Crippen LogP contribution in [0.2, 0.25) is 0 Å². The summed E-state index contributed by atoms with van der Waals surface area (Å²) in [4.78, 5) is 22.1. The summed E-state index contributed by atoms with van der Waals surface area (Å²) in [5.41, 5.74) is 1.24. The smallest absolute Gasteiger partial charge is 0.395 e. The average molecular weight is 320 g/mol. The number of thiophene rings is 1. The van der Waals surface area contributed by atoms with Crippen LogP contribution < -0.4 is 5.32 Å². The molecular formula is C15H16N2O4S. The van der Waals surface area contributed by atoms with Gasteiger partial charge in [-0.3, -0.25) is 14.9 Å². The quantitative estimate of drug-likeness (QED) is 0.675. The van der Waals surface area contributed by atoms with Gasteiger partial charge in [0, 0.05) is 12.0 Å². The van der Waals surface area contributed by atoms with Gasteiger partial charge in [0.25, 0.3) is 5.91 Å². The summed E-state index contributed by atoms with van der Waals surface area (Å²) >= 11 is 1.66. The van der Waals surface area contributed by atoms with E-state index in [1.165, 1.54) is 17.7 Å². The van der Waals surface area contributed by atoms with E-state index in [9.17, 15) is 14.9 Å². The Bertz CT molecular complexity index is 672. The van der Waals surface area contributed by atoms with Crippen molar-refractivity contribution in [3.63, 3.8) is 0 Å². The van der Waals surface area contributed by atoms with Gasteiger partial charge >= 0.3 is 5.88 Å². The topological polar surface area (TPSA) is 85.4 Å². The van der Waals surface area contributed by atoms with Gasteiger partial charge in [0.05, 0.1) is 6.07 Å². The molecule has 2 heterocycles. The van der Waals surface area contributed by atoms with Gasteiger partial charge in [0.1, 0.15) is 4.92 Å². The Morgan fingerprint density at radius 2 is 2.14 bits per heavy atom. The fourth-order valence-corrected chi connectivity index (χ4v) is 3.85. The molecule has 0 bridgehead atoms. The summed E-state index contributed by atoms with van der Waals surface area (Å²) in [5, 5.41) is 17.6. The minimum atomic E-state index is -0.652. The number of carbonyl (C=O) groups is 1. The highest BCUT2D eigenvalue weighted by molar-refractivity contribution is 7.08. The molecule has 0 saturated heterocycles. The molecule has 0 unspecified atom stereocenters. The third kappa shape index (κ3) is 2.76. The summed E-state index contributed by atoms with van der Waals surface area (Å²) in [6.07, 6.45) is 4.39. The molecule has 22 heavy (non-hydrogen) atoms. The number of hydrogen-bond acceptors (Lipinski definition) is 5. The van der Waals surface area contributed by atoms with Crippen molar-refractivity contribution < 1.29 is 14.1 Å². The van der Waals surface area contributed by atoms with Crippen LogP contribution in [0.4, 0.5) is 5.88 Å². The Morgan fingerprint density at radius 3 is 2.73 bits per heavy atom. The average Bonchev–Trinajstić information content (AvgIpc) is 3.24. The van der Waals surface area contributed by atoms with Crippen molar-refractivity contribution in [2.75, 3.05) is 6.54 Å². The Balaban J connectivity index is 1.70. The molecule has 0 aliphatic heterocycles. The molecule has 0 aromatic carbocycles. The normalized spacial score (nSPS) is 16.5. The Morgan fingerprint density at radius 1 is 1.36 bits per heavy atom. The third-order valence-corrected chi connectivity index (χ3v) is 4.96. The Labute approximate surface area is 131 Å². The van der Waals surface area contributed by atoms with Gasteiger partial charge in [-0.1, -0.05) is 12.8 Å². The molecule has 3 rings (SSSR count). The fourth-order valence-electron chi connectivity index (χ4n) is 3.07. The van der Waals surface area contributed by atoms with Gasteiger partial charge in [-0.2, -0.15) is 11.3 Å². The number of rotatable bonds is 5. The maximum Gasteiger partial charge on any atom is 0.433 e. The van der Waals surface area contributed by atoms with Crippen molar-refractivity contribution >= 4 is 23.1 Å². The molecule has 2 aromatic rings. The first kappa shape index (κ1) is 14.8. The number of hydrogen-bond donors (Lipinski definition) is 1. The van der Waals surface area contributed by atoms with Gasteiger partial charge in [0.2, 0.25) is 0 Å². The molecule has 1 aliphatic rings. The zero-order valence-corrected chi connectivity index (χ0v) is 12.7. The van der Waals surface area contributed by atoms with Crippen LogP contribution in [-0.2, 0) is 5.41 Å². The highest BCUT2D eigenvalue weighted by Gasteiger charge is 2.36. The van der Waals surface area contributed by atoms with Crippen LogP contribution in [0.15, 0.2) is 33.4 Å². The SMILES string of the molecule is O=C(NCC1(c2ccsc2)CCCC1)c1ccc([N+](=O)[O-])o1. The fraction of sp³-hybridized carbons (Fsp3) is 0.400. The lowest BCUT2D eigenvalue weighted by atomic mass is 9.80. The lowest BCUT2D eigenvalue weighted by Gasteiger charge is -2.28. The molecule has 0 spiro atoms. The molecule has 1 saturated carbocycles. The van der Waals surface area contributed by atoms with Crippen molar-refractivity contribution in [1.29, 1.82) is 0 Å². The van der Waals surface area contributed by atoms with Crippen molar-refractivity contribution in [2.24, 2.45) is 0 Å². The van der Waals surface area contributed by atoms with Crippen LogP contribution in [0.3, 0.4) is 0 Å². The number of furan rings is 1. The standard InChI is InChI=1S/C15H16N2O4S/c18-14(12-3-4-13(21-12)17(19)20)16-10-15(6-1-2-7-15)11-5-8-22-9-11/h3-5,8-9H,1-2,6-7,10H2,(H,16,18). The van der Waals surface area contributed by atoms with Gasteiger partial charge in [-0.15, -0.1) is 0 Å². The van der Waals surface area contributed by atoms with Gasteiger partial charge in [-0.05, 0) is 41.3 Å². The summed E-state index contributed by atoms with van der Waals surface area (Å²) < 4.78 is 4.94. The minimum Gasteiger partial charge on any atom is -0.395 e. The first-order chi connectivity index (χ1) is 10.6. The maximum atomic E-state index is 12.1. The molecule has 1 fully saturated rings. The van der Waals surface area contributed by atoms with E-state index in [1.54, 1.807) is 11.3 Å². The van der Waals surface area contributed by atoms with Gasteiger partial charge in [-0.25, -0.2) is 0 Å². The van der Waals surface area contributed by atoms with Crippen molar-refractivity contribution in [3.8, 4) is 0 Å². The molecule has 0 atom stereocenters. The monoisotopic (exact) mass is 320 g/mol. The van der Waals surface area contributed by atoms with Crippen LogP contribution in [0.5, 0.6) is 0 Å². The number of nitrogens with zero attached hydrogens (tertiary/aromatic N) is 1. The van der Waals surface area contributed by atoms with Crippen LogP contribution >= 0.6 is 11.3 Å². The van der Waals surface area contributed by atoms with Crippen LogP contribution in [0, 0.1) is 10.1 Å². The Kier molecular flexibility index (Phi) is 3.98. The van der Waals surface area contributed by atoms with Crippen LogP contribution in [0.25, 0.3) is 0 Å². The summed E-state index contributed by atoms with van der Waals surface area (Å²) in [6.45, 7) is 0.525. The Hall–Kier alpha value is -2.15. The van der Waals surface area contributed by atoms with E-state index in [0.29, 0.717) is 6.54 Å². The van der Waals surface area contributed by atoms with Gasteiger partial charge < -0.3 is 9.73 Å². The second kappa shape index (κ2) is 5.92. The molecule has 7 heteroatoms. The lowest BCUT2D eigenvalue weighted by Crippen LogP contribution is -2.38. The highest BCUT2D eigenvalue weighted by atomic mass is 32.1. The van der Waals surface area contributed by atoms with E-state index in [1.807, 2.05) is 5.38 Å². The molecule has 1 N–H and O–H groups in total. The van der Waals surface area contributed by atoms with E-state index in [4.69, 9.17) is 4.42 Å². The predicted octanol–water partition coefficient (Wildman–Crippen LogP) is 3.49. The molecular weight excluding hydrogens is 304 g/mol. The van der Waals surface area contributed by atoms with Gasteiger partial charge in [0.15, 0.2) is 5.76 Å². The molecule has 6 nitrogen and oxygen atoms in total. The summed E-state index contributed by atoms with van der Waals surface area (Å²) in [5.74, 6) is -0.849. The molecule has 1 aliphatic carbocycles. The van der Waals surface area contributed by atoms with E-state index in [0.717, 1.165) is 25.7 Å². The molecule has 0 radical (unpaired) electrons. The van der Waals surface area contributed by atoms with E-state index >= 15 is 0 Å². The first-order valence-electron chi connectivity index (χ1n) is 7.16. The van der Waals surface area contributed by atoms with Crippen molar-refractivity contribution in [1.82, 2.24) is 5.32 Å². The van der Waals surface area contributed by atoms with E-state index in [-0.39, 0.29) is 11.2 Å². The van der Waals surface area contributed by atoms with Crippen LogP contribution in [-0.4, -0.2) is 17.4 Å². The van der Waals surface area contributed by atoms with Crippen molar-refractivity contribution in [3.05, 3.63) is 50.4 Å². The number of nitro groups is 1. The third-order valence-electron chi connectivity index (χ3n) is 4.28. The molecule has 1 amide bonds. The lowest BCUT2D eigenvalue weighted by molar-refractivity contribution is -0.402. The number of nitrogens with one attached hydrogen (secondary N) is 1. The zero-order chi connectivity index (χ0) is 15.6. The summed E-state index contributed by atoms with van der Waals surface area (Å²) in [7, 11) is 0. The van der Waals surface area contributed by atoms with E-state index in [2.05, 4.69) is 16.8 Å². The maximum absolute atomic E-state index is 12.1. The number of carbonyl (C=O) groups excluding carboxylic acids is 1. The number of amides is 1. The largest absolute Gasteiger partial charge is 0.433 e. The van der Waals surface area contributed by atoms with Crippen molar-refractivity contribution in [2.45, 2.75) is 31.1 Å². The predicted molar refractivity (Wildman–Crippen MR) is 82.2 cm³/mol.